The van der Waals surface area contributed by atoms with Gasteiger partial charge in [-0.15, -0.1) is 0 Å². The summed E-state index contributed by atoms with van der Waals surface area (Å²) in [5, 5.41) is 7.66. The van der Waals surface area contributed by atoms with Crippen LogP contribution in [-0.4, -0.2) is 46.3 Å². The van der Waals surface area contributed by atoms with E-state index in [0.29, 0.717) is 23.6 Å². The lowest BCUT2D eigenvalue weighted by atomic mass is 9.83. The van der Waals surface area contributed by atoms with E-state index < -0.39 is 0 Å². The van der Waals surface area contributed by atoms with Crippen molar-refractivity contribution in [2.45, 2.75) is 58.4 Å². The van der Waals surface area contributed by atoms with Crippen LogP contribution in [0.2, 0.25) is 0 Å². The topological polar surface area (TPSA) is 50.2 Å². The first-order valence-electron chi connectivity index (χ1n) is 9.59. The Morgan fingerprint density at radius 3 is 2.88 bits per heavy atom. The van der Waals surface area contributed by atoms with Crippen LogP contribution in [0.15, 0.2) is 6.07 Å². The fourth-order valence-corrected chi connectivity index (χ4v) is 4.39. The molecule has 134 valence electrons. The molecule has 0 aromatic carbocycles. The third-order valence-electron chi connectivity index (χ3n) is 5.53. The monoisotopic (exact) mass is 332 g/mol. The van der Waals surface area contributed by atoms with Gasteiger partial charge in [-0.2, -0.15) is 5.10 Å². The Bertz CT molecular complexity index is 564. The molecule has 5 heteroatoms. The second kappa shape index (κ2) is 7.68. The minimum absolute atomic E-state index is 0.0212. The highest BCUT2D eigenvalue weighted by atomic mass is 16.2. The largest absolute Gasteiger partial charge is 0.350 e. The minimum Gasteiger partial charge on any atom is -0.350 e. The molecule has 2 fully saturated rings. The van der Waals surface area contributed by atoms with E-state index in [-0.39, 0.29) is 5.91 Å². The number of aryl methyl sites for hydroxylation is 1. The zero-order valence-corrected chi connectivity index (χ0v) is 15.4. The van der Waals surface area contributed by atoms with Crippen molar-refractivity contribution in [2.75, 3.05) is 19.6 Å². The SMILES string of the molecule is CC(C)Cc1cc(C(=O)NC[C@@H]2CCCN3CCCC[C@@H]23)n(C)n1. The van der Waals surface area contributed by atoms with Gasteiger partial charge in [0.25, 0.3) is 5.91 Å². The number of rotatable bonds is 5. The van der Waals surface area contributed by atoms with Gasteiger partial charge in [-0.25, -0.2) is 0 Å². The van der Waals surface area contributed by atoms with Crippen molar-refractivity contribution in [1.29, 1.82) is 0 Å². The fourth-order valence-electron chi connectivity index (χ4n) is 4.39. The third-order valence-corrected chi connectivity index (χ3v) is 5.53. The van der Waals surface area contributed by atoms with E-state index in [9.17, 15) is 4.79 Å². The number of carbonyl (C=O) groups is 1. The van der Waals surface area contributed by atoms with Crippen molar-refractivity contribution in [2.24, 2.45) is 18.9 Å². The number of carbonyl (C=O) groups excluding carboxylic acids is 1. The van der Waals surface area contributed by atoms with Gasteiger partial charge in [-0.3, -0.25) is 9.48 Å². The maximum Gasteiger partial charge on any atom is 0.269 e. The molecule has 0 radical (unpaired) electrons. The van der Waals surface area contributed by atoms with E-state index >= 15 is 0 Å². The van der Waals surface area contributed by atoms with Crippen LogP contribution in [0.5, 0.6) is 0 Å². The number of piperidine rings is 2. The molecule has 0 unspecified atom stereocenters. The van der Waals surface area contributed by atoms with Gasteiger partial charge in [0.2, 0.25) is 0 Å². The van der Waals surface area contributed by atoms with Crippen LogP contribution in [-0.2, 0) is 13.5 Å². The average Bonchev–Trinajstić information content (AvgIpc) is 2.92. The van der Waals surface area contributed by atoms with Crippen molar-refractivity contribution in [3.63, 3.8) is 0 Å². The summed E-state index contributed by atoms with van der Waals surface area (Å²) in [7, 11) is 1.86. The molecule has 5 nitrogen and oxygen atoms in total. The van der Waals surface area contributed by atoms with E-state index in [0.717, 1.165) is 18.7 Å². The first kappa shape index (κ1) is 17.5. The highest BCUT2D eigenvalue weighted by molar-refractivity contribution is 5.92. The molecule has 2 saturated heterocycles. The van der Waals surface area contributed by atoms with Gasteiger partial charge in [-0.1, -0.05) is 20.3 Å². The number of hydrogen-bond donors (Lipinski definition) is 1. The number of fused-ring (bicyclic) bond motifs is 1. The molecule has 2 aliphatic heterocycles. The quantitative estimate of drug-likeness (QED) is 0.902. The number of hydrogen-bond acceptors (Lipinski definition) is 3. The molecule has 0 spiro atoms. The Morgan fingerprint density at radius 2 is 2.08 bits per heavy atom. The molecule has 0 bridgehead atoms. The van der Waals surface area contributed by atoms with E-state index in [1.807, 2.05) is 13.1 Å². The lowest BCUT2D eigenvalue weighted by Crippen LogP contribution is -2.51. The van der Waals surface area contributed by atoms with Crippen molar-refractivity contribution >= 4 is 5.91 Å². The Morgan fingerprint density at radius 1 is 1.29 bits per heavy atom. The molecule has 24 heavy (non-hydrogen) atoms. The highest BCUT2D eigenvalue weighted by Crippen LogP contribution is 2.30. The van der Waals surface area contributed by atoms with Crippen molar-refractivity contribution in [3.8, 4) is 0 Å². The third kappa shape index (κ3) is 4.00. The average molecular weight is 332 g/mol. The molecular formula is C19H32N4O. The van der Waals surface area contributed by atoms with Crippen LogP contribution in [0.4, 0.5) is 0 Å². The van der Waals surface area contributed by atoms with Crippen molar-refractivity contribution in [1.82, 2.24) is 20.0 Å². The van der Waals surface area contributed by atoms with Gasteiger partial charge in [0.05, 0.1) is 5.69 Å². The van der Waals surface area contributed by atoms with Crippen LogP contribution >= 0.6 is 0 Å². The molecule has 2 aliphatic rings. The molecule has 1 N–H and O–H groups in total. The van der Waals surface area contributed by atoms with Crippen LogP contribution < -0.4 is 5.32 Å². The van der Waals surface area contributed by atoms with Crippen LogP contribution in [0.1, 0.15) is 62.1 Å². The molecule has 0 saturated carbocycles. The lowest BCUT2D eigenvalue weighted by Gasteiger charge is -2.44. The summed E-state index contributed by atoms with van der Waals surface area (Å²) < 4.78 is 1.72. The number of aromatic nitrogens is 2. The number of nitrogens with zero attached hydrogens (tertiary/aromatic N) is 3. The minimum atomic E-state index is 0.0212. The first-order valence-corrected chi connectivity index (χ1v) is 9.59. The second-order valence-electron chi connectivity index (χ2n) is 7.95. The predicted molar refractivity (Wildman–Crippen MR) is 96.0 cm³/mol. The Hall–Kier alpha value is -1.36. The standard InChI is InChI=1S/C19H32N4O/c1-14(2)11-16-12-18(22(3)21-16)19(24)20-13-15-7-6-10-23-9-5-4-8-17(15)23/h12,14-15,17H,4-11,13H2,1-3H3,(H,20,24)/t15-,17-/m0/s1. The van der Waals surface area contributed by atoms with Crippen LogP contribution in [0, 0.1) is 11.8 Å². The normalized spacial score (nSPS) is 24.8. The van der Waals surface area contributed by atoms with E-state index in [1.165, 1.54) is 45.2 Å². The Balaban J connectivity index is 1.58. The summed E-state index contributed by atoms with van der Waals surface area (Å²) in [6.07, 6.45) is 7.40. The predicted octanol–water partition coefficient (Wildman–Crippen LogP) is 2.61. The smallest absolute Gasteiger partial charge is 0.269 e. The highest BCUT2D eigenvalue weighted by Gasteiger charge is 2.33. The molecular weight excluding hydrogens is 300 g/mol. The Kier molecular flexibility index (Phi) is 5.59. The van der Waals surface area contributed by atoms with Gasteiger partial charge in [-0.05, 0) is 63.1 Å². The molecule has 3 rings (SSSR count). The summed E-state index contributed by atoms with van der Waals surface area (Å²) in [4.78, 5) is 15.2. The van der Waals surface area contributed by atoms with Gasteiger partial charge in [0, 0.05) is 19.6 Å². The van der Waals surface area contributed by atoms with Crippen LogP contribution in [0.25, 0.3) is 0 Å². The van der Waals surface area contributed by atoms with E-state index in [1.54, 1.807) is 4.68 Å². The van der Waals surface area contributed by atoms with Crippen molar-refractivity contribution < 1.29 is 4.79 Å². The summed E-state index contributed by atoms with van der Waals surface area (Å²) in [6, 6.07) is 2.62. The summed E-state index contributed by atoms with van der Waals surface area (Å²) in [5.41, 5.74) is 1.69. The van der Waals surface area contributed by atoms with Gasteiger partial charge < -0.3 is 10.2 Å². The van der Waals surface area contributed by atoms with E-state index in [4.69, 9.17) is 0 Å². The summed E-state index contributed by atoms with van der Waals surface area (Å²) >= 11 is 0. The van der Waals surface area contributed by atoms with Crippen LogP contribution in [0.3, 0.4) is 0 Å². The zero-order valence-electron chi connectivity index (χ0n) is 15.4. The second-order valence-corrected chi connectivity index (χ2v) is 7.95. The number of nitrogens with one attached hydrogen (secondary N) is 1. The zero-order chi connectivity index (χ0) is 17.1. The number of amides is 1. The molecule has 1 aromatic rings. The van der Waals surface area contributed by atoms with Crippen molar-refractivity contribution in [3.05, 3.63) is 17.5 Å². The Labute approximate surface area is 145 Å². The molecule has 0 aliphatic carbocycles. The van der Waals surface area contributed by atoms with Gasteiger partial charge in [0.15, 0.2) is 0 Å². The first-order chi connectivity index (χ1) is 11.5. The summed E-state index contributed by atoms with van der Waals surface area (Å²) in [6.45, 7) is 7.64. The molecule has 1 amide bonds. The fraction of sp³-hybridized carbons (Fsp3) is 0.789. The molecule has 3 heterocycles. The summed E-state index contributed by atoms with van der Waals surface area (Å²) in [5.74, 6) is 1.18. The molecule has 1 aromatic heterocycles. The van der Waals surface area contributed by atoms with E-state index in [2.05, 4.69) is 29.2 Å². The maximum atomic E-state index is 12.6. The lowest BCUT2D eigenvalue weighted by molar-refractivity contribution is 0.0574. The van der Waals surface area contributed by atoms with Gasteiger partial charge >= 0.3 is 0 Å². The van der Waals surface area contributed by atoms with Gasteiger partial charge in [0.1, 0.15) is 5.69 Å². The molecule has 2 atom stereocenters. The maximum absolute atomic E-state index is 12.6.